The molecule has 0 heterocycles. The number of ether oxygens (including phenoxy) is 1. The maximum absolute atomic E-state index is 14.0. The molecule has 10 heteroatoms. The first-order valence-corrected chi connectivity index (χ1v) is 11.7. The third kappa shape index (κ3) is 9.52. The Kier molecular flexibility index (Phi) is 10.6. The molecule has 0 bridgehead atoms. The van der Waals surface area contributed by atoms with Crippen LogP contribution < -0.4 is 10.1 Å². The molecule has 0 fully saturated rings. The molecule has 0 saturated heterocycles. The second kappa shape index (κ2) is 13.4. The van der Waals surface area contributed by atoms with E-state index in [-0.39, 0.29) is 12.1 Å². The van der Waals surface area contributed by atoms with Gasteiger partial charge in [-0.15, -0.1) is 0 Å². The fourth-order valence-electron chi connectivity index (χ4n) is 3.36. The van der Waals surface area contributed by atoms with Crippen molar-refractivity contribution < 1.29 is 38.1 Å². The van der Waals surface area contributed by atoms with E-state index in [0.717, 1.165) is 24.1 Å². The van der Waals surface area contributed by atoms with Crippen LogP contribution in [0.4, 0.5) is 19.3 Å². The van der Waals surface area contributed by atoms with E-state index < -0.39 is 35.2 Å². The second-order valence-electron chi connectivity index (χ2n) is 8.91. The van der Waals surface area contributed by atoms with Gasteiger partial charge in [-0.1, -0.05) is 25.0 Å². The highest BCUT2D eigenvalue weighted by Gasteiger charge is 2.29. The van der Waals surface area contributed by atoms with Crippen molar-refractivity contribution in [2.24, 2.45) is 0 Å². The zero-order chi connectivity index (χ0) is 26.7. The lowest BCUT2D eigenvalue weighted by atomic mass is 10.1. The third-order valence-corrected chi connectivity index (χ3v) is 5.51. The van der Waals surface area contributed by atoms with Crippen LogP contribution in [0.25, 0.3) is 0 Å². The van der Waals surface area contributed by atoms with Gasteiger partial charge in [-0.3, -0.25) is 4.79 Å². The number of anilines is 1. The number of amides is 2. The highest BCUT2D eigenvalue weighted by molar-refractivity contribution is 5.89. The highest BCUT2D eigenvalue weighted by atomic mass is 19.1. The van der Waals surface area contributed by atoms with Gasteiger partial charge in [-0.05, 0) is 62.9 Å². The largest absolute Gasteiger partial charge is 0.481 e. The van der Waals surface area contributed by atoms with Crippen molar-refractivity contribution >= 4 is 23.7 Å². The molecule has 0 aromatic heterocycles. The smallest absolute Gasteiger partial charge is 0.347 e. The predicted octanol–water partition coefficient (Wildman–Crippen LogP) is 5.32. The summed E-state index contributed by atoms with van der Waals surface area (Å²) >= 11 is 0. The van der Waals surface area contributed by atoms with Crippen LogP contribution in [0.5, 0.6) is 5.75 Å². The molecule has 0 saturated carbocycles. The summed E-state index contributed by atoms with van der Waals surface area (Å²) in [7, 11) is 0. The Labute approximate surface area is 208 Å². The van der Waals surface area contributed by atoms with E-state index in [1.807, 2.05) is 0 Å². The van der Waals surface area contributed by atoms with Gasteiger partial charge in [0.2, 0.25) is 0 Å². The molecule has 2 rings (SSSR count). The van der Waals surface area contributed by atoms with Crippen LogP contribution in [0, 0.1) is 11.6 Å². The highest BCUT2D eigenvalue weighted by Crippen LogP contribution is 2.20. The van der Waals surface area contributed by atoms with Gasteiger partial charge in [0.1, 0.15) is 17.4 Å². The number of aliphatic carboxylic acids is 2. The van der Waals surface area contributed by atoms with E-state index >= 15 is 0 Å². The molecule has 0 unspecified atom stereocenters. The molecule has 0 aliphatic heterocycles. The molecule has 0 radical (unpaired) electrons. The van der Waals surface area contributed by atoms with Crippen molar-refractivity contribution in [3.05, 3.63) is 59.7 Å². The van der Waals surface area contributed by atoms with Gasteiger partial charge in [0.15, 0.2) is 5.60 Å². The monoisotopic (exact) mass is 506 g/mol. The molecule has 0 atom stereocenters. The first kappa shape index (κ1) is 28.5. The number of carboxylic acid groups (broad SMARTS) is 2. The number of carboxylic acids is 2. The van der Waals surface area contributed by atoms with Gasteiger partial charge in [0.25, 0.3) is 0 Å². The van der Waals surface area contributed by atoms with Crippen molar-refractivity contribution in [1.82, 2.24) is 4.90 Å². The summed E-state index contributed by atoms with van der Waals surface area (Å²) in [6, 6.07) is 9.22. The predicted molar refractivity (Wildman–Crippen MR) is 130 cm³/mol. The number of nitrogens with zero attached hydrogens (tertiary/aromatic N) is 1. The third-order valence-electron chi connectivity index (χ3n) is 5.51. The molecule has 2 amide bonds. The first-order valence-electron chi connectivity index (χ1n) is 11.7. The molecule has 0 aliphatic rings. The minimum Gasteiger partial charge on any atom is -0.481 e. The lowest BCUT2D eigenvalue weighted by Crippen LogP contribution is -2.38. The van der Waals surface area contributed by atoms with Crippen LogP contribution in [0.3, 0.4) is 0 Å². The Bertz CT molecular complexity index is 1040. The number of benzene rings is 2. The molecule has 2 aromatic carbocycles. The summed E-state index contributed by atoms with van der Waals surface area (Å²) in [5.74, 6) is -3.16. The summed E-state index contributed by atoms with van der Waals surface area (Å²) in [6.45, 7) is 3.58. The van der Waals surface area contributed by atoms with E-state index in [1.54, 1.807) is 24.3 Å². The van der Waals surface area contributed by atoms with Gasteiger partial charge in [-0.25, -0.2) is 18.4 Å². The molecule has 8 nitrogen and oxygen atoms in total. The summed E-state index contributed by atoms with van der Waals surface area (Å²) in [5, 5.41) is 20.4. The average molecular weight is 507 g/mol. The molecule has 3 N–H and O–H groups in total. The van der Waals surface area contributed by atoms with Gasteiger partial charge >= 0.3 is 18.0 Å². The van der Waals surface area contributed by atoms with Gasteiger partial charge in [0, 0.05) is 25.6 Å². The van der Waals surface area contributed by atoms with Crippen LogP contribution in [-0.4, -0.2) is 51.8 Å². The summed E-state index contributed by atoms with van der Waals surface area (Å²) in [4.78, 5) is 36.3. The minimum absolute atomic E-state index is 0.0946. The van der Waals surface area contributed by atoms with Crippen molar-refractivity contribution in [1.29, 1.82) is 0 Å². The van der Waals surface area contributed by atoms with E-state index in [2.05, 4.69) is 5.32 Å². The SMILES string of the molecule is CC(C)(Oc1ccc(CCN(CCCCCCC(=O)O)C(=O)Nc2ccc(F)cc2F)cc1)C(=O)O. The number of nitrogens with one attached hydrogen (secondary N) is 1. The average Bonchev–Trinajstić information content (AvgIpc) is 2.80. The fraction of sp³-hybridized carbons (Fsp3) is 0.423. The number of hydrogen-bond donors (Lipinski definition) is 3. The lowest BCUT2D eigenvalue weighted by molar-refractivity contribution is -0.152. The van der Waals surface area contributed by atoms with E-state index in [1.165, 1.54) is 18.7 Å². The van der Waals surface area contributed by atoms with Gasteiger partial charge in [0.05, 0.1) is 5.69 Å². The summed E-state index contributed by atoms with van der Waals surface area (Å²) in [5.41, 5.74) is -0.630. The van der Waals surface area contributed by atoms with Crippen LogP contribution in [0.15, 0.2) is 42.5 Å². The summed E-state index contributed by atoms with van der Waals surface area (Å²) < 4.78 is 32.7. The number of carbonyl (C=O) groups is 3. The number of rotatable bonds is 14. The number of halogens is 2. The summed E-state index contributed by atoms with van der Waals surface area (Å²) in [6.07, 6.45) is 3.19. The van der Waals surface area contributed by atoms with Crippen LogP contribution in [0.2, 0.25) is 0 Å². The number of urea groups is 1. The zero-order valence-corrected chi connectivity index (χ0v) is 20.4. The van der Waals surface area contributed by atoms with Gasteiger partial charge in [-0.2, -0.15) is 0 Å². The van der Waals surface area contributed by atoms with Crippen LogP contribution >= 0.6 is 0 Å². The Balaban J connectivity index is 2.00. The normalized spacial score (nSPS) is 11.1. The zero-order valence-electron chi connectivity index (χ0n) is 20.4. The first-order chi connectivity index (χ1) is 17.0. The van der Waals surface area contributed by atoms with E-state index in [4.69, 9.17) is 9.84 Å². The lowest BCUT2D eigenvalue weighted by Gasteiger charge is -2.24. The maximum Gasteiger partial charge on any atom is 0.347 e. The molecular formula is C26H32F2N2O6. The van der Waals surface area contributed by atoms with E-state index in [9.17, 15) is 28.3 Å². The van der Waals surface area contributed by atoms with Crippen LogP contribution in [-0.2, 0) is 16.0 Å². The Morgan fingerprint density at radius 2 is 1.61 bits per heavy atom. The number of hydrogen-bond acceptors (Lipinski definition) is 4. The van der Waals surface area contributed by atoms with Crippen molar-refractivity contribution in [2.75, 3.05) is 18.4 Å². The minimum atomic E-state index is -1.38. The number of unbranched alkanes of at least 4 members (excludes halogenated alkanes) is 3. The van der Waals surface area contributed by atoms with Gasteiger partial charge < -0.3 is 25.2 Å². The molecule has 196 valence electrons. The van der Waals surface area contributed by atoms with Crippen molar-refractivity contribution in [2.45, 2.75) is 58.0 Å². The van der Waals surface area contributed by atoms with E-state index in [0.29, 0.717) is 50.6 Å². The Morgan fingerprint density at radius 1 is 0.944 bits per heavy atom. The quantitative estimate of drug-likeness (QED) is 0.299. The van der Waals surface area contributed by atoms with Crippen LogP contribution in [0.1, 0.15) is 51.5 Å². The molecule has 36 heavy (non-hydrogen) atoms. The molecule has 0 aliphatic carbocycles. The molecule has 0 spiro atoms. The standard InChI is InChI=1S/C26H32F2N2O6/c1-26(2,24(33)34)36-20-11-8-18(9-12-20)14-16-30(15-6-4-3-5-7-23(31)32)25(35)29-22-13-10-19(27)17-21(22)28/h8-13,17H,3-7,14-16H2,1-2H3,(H,29,35)(H,31,32)(H,33,34). The van der Waals surface area contributed by atoms with Crippen molar-refractivity contribution in [3.8, 4) is 5.75 Å². The Morgan fingerprint density at radius 3 is 2.22 bits per heavy atom. The molecular weight excluding hydrogens is 474 g/mol. The topological polar surface area (TPSA) is 116 Å². The molecule has 2 aromatic rings. The second-order valence-corrected chi connectivity index (χ2v) is 8.91. The van der Waals surface area contributed by atoms with Crippen molar-refractivity contribution in [3.63, 3.8) is 0 Å². The number of carbonyl (C=O) groups excluding carboxylic acids is 1. The fourth-order valence-corrected chi connectivity index (χ4v) is 3.36. The maximum atomic E-state index is 14.0. The Hall–Kier alpha value is -3.69.